The van der Waals surface area contributed by atoms with Crippen molar-refractivity contribution in [1.29, 1.82) is 0 Å². The highest BCUT2D eigenvalue weighted by Crippen LogP contribution is 2.26. The standard InChI is InChI=1S/C24H24Cl2N4O2/c1-16(2)22-21(15-27-30(22)20-5-3-4-19(26)14-20)24(32)29-12-10-28(11-13-29)23(31)17-6-8-18(25)9-7-17/h3-9,14-16H,10-13H2,1-2H3. The summed E-state index contributed by atoms with van der Waals surface area (Å²) in [5.74, 6) is -0.0332. The number of hydrogen-bond acceptors (Lipinski definition) is 3. The molecule has 1 aromatic heterocycles. The first kappa shape index (κ1) is 22.4. The number of aromatic nitrogens is 2. The van der Waals surface area contributed by atoms with Crippen molar-refractivity contribution in [3.05, 3.63) is 81.6 Å². The van der Waals surface area contributed by atoms with E-state index in [2.05, 4.69) is 5.10 Å². The third-order valence-electron chi connectivity index (χ3n) is 5.58. The Hall–Kier alpha value is -2.83. The minimum atomic E-state index is -0.0689. The van der Waals surface area contributed by atoms with Gasteiger partial charge in [-0.25, -0.2) is 4.68 Å². The van der Waals surface area contributed by atoms with Crippen LogP contribution in [-0.2, 0) is 0 Å². The maximum absolute atomic E-state index is 13.3. The summed E-state index contributed by atoms with van der Waals surface area (Å²) in [5, 5.41) is 5.70. The van der Waals surface area contributed by atoms with Gasteiger partial charge in [0.25, 0.3) is 11.8 Å². The summed E-state index contributed by atoms with van der Waals surface area (Å²) in [5.41, 5.74) is 2.84. The molecule has 2 amide bonds. The quantitative estimate of drug-likeness (QED) is 0.544. The van der Waals surface area contributed by atoms with Gasteiger partial charge >= 0.3 is 0 Å². The third kappa shape index (κ3) is 4.52. The minimum Gasteiger partial charge on any atom is -0.335 e. The molecular formula is C24H24Cl2N4O2. The van der Waals surface area contributed by atoms with E-state index in [0.717, 1.165) is 11.4 Å². The predicted octanol–water partition coefficient (Wildman–Crippen LogP) is 4.90. The highest BCUT2D eigenvalue weighted by molar-refractivity contribution is 6.31. The van der Waals surface area contributed by atoms with E-state index in [0.29, 0.717) is 47.4 Å². The highest BCUT2D eigenvalue weighted by atomic mass is 35.5. The zero-order chi connectivity index (χ0) is 22.8. The van der Waals surface area contributed by atoms with Gasteiger partial charge in [0.15, 0.2) is 0 Å². The molecule has 2 heterocycles. The lowest BCUT2D eigenvalue weighted by Gasteiger charge is -2.35. The van der Waals surface area contributed by atoms with E-state index >= 15 is 0 Å². The molecular weight excluding hydrogens is 447 g/mol. The number of halogens is 2. The molecule has 6 nitrogen and oxygen atoms in total. The lowest BCUT2D eigenvalue weighted by Crippen LogP contribution is -2.50. The number of piperazine rings is 1. The van der Waals surface area contributed by atoms with Gasteiger partial charge in [-0.15, -0.1) is 0 Å². The van der Waals surface area contributed by atoms with E-state index in [1.165, 1.54) is 0 Å². The maximum Gasteiger partial charge on any atom is 0.257 e. The Morgan fingerprint density at radius 1 is 0.875 bits per heavy atom. The second kappa shape index (κ2) is 9.35. The average molecular weight is 471 g/mol. The number of carbonyl (C=O) groups excluding carboxylic acids is 2. The second-order valence-electron chi connectivity index (χ2n) is 8.08. The first-order chi connectivity index (χ1) is 15.3. The molecule has 166 valence electrons. The molecule has 1 saturated heterocycles. The van der Waals surface area contributed by atoms with Crippen LogP contribution in [0.3, 0.4) is 0 Å². The lowest BCUT2D eigenvalue weighted by molar-refractivity contribution is 0.0534. The molecule has 0 atom stereocenters. The first-order valence-electron chi connectivity index (χ1n) is 10.5. The van der Waals surface area contributed by atoms with Crippen molar-refractivity contribution in [1.82, 2.24) is 19.6 Å². The van der Waals surface area contributed by atoms with Gasteiger partial charge in [-0.2, -0.15) is 5.10 Å². The van der Waals surface area contributed by atoms with E-state index in [-0.39, 0.29) is 17.7 Å². The molecule has 32 heavy (non-hydrogen) atoms. The second-order valence-corrected chi connectivity index (χ2v) is 8.95. The number of carbonyl (C=O) groups is 2. The molecule has 1 fully saturated rings. The van der Waals surface area contributed by atoms with Gasteiger partial charge in [0, 0.05) is 41.8 Å². The number of amides is 2. The van der Waals surface area contributed by atoms with Crippen molar-refractivity contribution < 1.29 is 9.59 Å². The molecule has 1 aliphatic heterocycles. The van der Waals surface area contributed by atoms with Gasteiger partial charge < -0.3 is 9.80 Å². The monoisotopic (exact) mass is 470 g/mol. The minimum absolute atomic E-state index is 0.0505. The fourth-order valence-corrected chi connectivity index (χ4v) is 4.26. The van der Waals surface area contributed by atoms with Gasteiger partial charge in [0.1, 0.15) is 0 Å². The van der Waals surface area contributed by atoms with E-state index in [1.54, 1.807) is 51.0 Å². The van der Waals surface area contributed by atoms with Crippen LogP contribution in [0.4, 0.5) is 0 Å². The summed E-state index contributed by atoms with van der Waals surface area (Å²) >= 11 is 12.1. The van der Waals surface area contributed by atoms with Crippen LogP contribution in [0.15, 0.2) is 54.7 Å². The Balaban J connectivity index is 1.50. The van der Waals surface area contributed by atoms with Gasteiger partial charge in [-0.05, 0) is 48.4 Å². The SMILES string of the molecule is CC(C)c1c(C(=O)N2CCN(C(=O)c3ccc(Cl)cc3)CC2)cnn1-c1cccc(Cl)c1. The molecule has 2 aromatic carbocycles. The van der Waals surface area contributed by atoms with E-state index in [4.69, 9.17) is 23.2 Å². The summed E-state index contributed by atoms with van der Waals surface area (Å²) in [6, 6.07) is 14.3. The molecule has 3 aromatic rings. The van der Waals surface area contributed by atoms with Crippen LogP contribution in [0.2, 0.25) is 10.0 Å². The van der Waals surface area contributed by atoms with Crippen molar-refractivity contribution in [2.24, 2.45) is 0 Å². The fraction of sp³-hybridized carbons (Fsp3) is 0.292. The number of benzene rings is 2. The van der Waals surface area contributed by atoms with Gasteiger partial charge in [0.2, 0.25) is 0 Å². The van der Waals surface area contributed by atoms with Gasteiger partial charge in [-0.3, -0.25) is 9.59 Å². The Morgan fingerprint density at radius 3 is 2.09 bits per heavy atom. The summed E-state index contributed by atoms with van der Waals surface area (Å²) < 4.78 is 1.78. The van der Waals surface area contributed by atoms with E-state index < -0.39 is 0 Å². The first-order valence-corrected chi connectivity index (χ1v) is 11.3. The summed E-state index contributed by atoms with van der Waals surface area (Å²) in [6.07, 6.45) is 1.63. The molecule has 8 heteroatoms. The van der Waals surface area contributed by atoms with Crippen LogP contribution in [-0.4, -0.2) is 57.6 Å². The molecule has 0 spiro atoms. The number of rotatable bonds is 4. The van der Waals surface area contributed by atoms with Crippen LogP contribution >= 0.6 is 23.2 Å². The number of hydrogen-bond donors (Lipinski definition) is 0. The zero-order valence-corrected chi connectivity index (χ0v) is 19.5. The maximum atomic E-state index is 13.3. The molecule has 1 aliphatic rings. The molecule has 0 unspecified atom stereocenters. The van der Waals surface area contributed by atoms with Crippen molar-refractivity contribution in [3.8, 4) is 5.69 Å². The fourth-order valence-electron chi connectivity index (χ4n) is 3.95. The highest BCUT2D eigenvalue weighted by Gasteiger charge is 2.29. The van der Waals surface area contributed by atoms with E-state index in [9.17, 15) is 9.59 Å². The van der Waals surface area contributed by atoms with Crippen LogP contribution in [0.25, 0.3) is 5.69 Å². The van der Waals surface area contributed by atoms with Crippen molar-refractivity contribution in [2.75, 3.05) is 26.2 Å². The summed E-state index contributed by atoms with van der Waals surface area (Å²) in [4.78, 5) is 29.7. The van der Waals surface area contributed by atoms with Crippen molar-refractivity contribution >= 4 is 35.0 Å². The Labute approximate surface area is 197 Å². The topological polar surface area (TPSA) is 58.4 Å². The van der Waals surface area contributed by atoms with Crippen LogP contribution < -0.4 is 0 Å². The Kier molecular flexibility index (Phi) is 6.53. The Morgan fingerprint density at radius 2 is 1.50 bits per heavy atom. The van der Waals surface area contributed by atoms with Crippen LogP contribution in [0.5, 0.6) is 0 Å². The van der Waals surface area contributed by atoms with Crippen LogP contribution in [0, 0.1) is 0 Å². The molecule has 0 bridgehead atoms. The lowest BCUT2D eigenvalue weighted by atomic mass is 10.0. The molecule has 0 aliphatic carbocycles. The molecule has 0 radical (unpaired) electrons. The third-order valence-corrected chi connectivity index (χ3v) is 6.07. The smallest absolute Gasteiger partial charge is 0.257 e. The summed E-state index contributed by atoms with van der Waals surface area (Å²) in [6.45, 7) is 5.98. The van der Waals surface area contributed by atoms with Crippen molar-refractivity contribution in [3.63, 3.8) is 0 Å². The van der Waals surface area contributed by atoms with Crippen LogP contribution in [0.1, 0.15) is 46.2 Å². The van der Waals surface area contributed by atoms with E-state index in [1.807, 2.05) is 32.0 Å². The van der Waals surface area contributed by atoms with Gasteiger partial charge in [-0.1, -0.05) is 43.1 Å². The van der Waals surface area contributed by atoms with Crippen molar-refractivity contribution in [2.45, 2.75) is 19.8 Å². The summed E-state index contributed by atoms with van der Waals surface area (Å²) in [7, 11) is 0. The predicted molar refractivity (Wildman–Crippen MR) is 126 cm³/mol. The molecule has 4 rings (SSSR count). The molecule has 0 saturated carbocycles. The Bertz CT molecular complexity index is 1130. The van der Waals surface area contributed by atoms with Gasteiger partial charge in [0.05, 0.1) is 23.1 Å². The largest absolute Gasteiger partial charge is 0.335 e. The number of nitrogens with zero attached hydrogens (tertiary/aromatic N) is 4. The normalized spacial score (nSPS) is 14.2. The average Bonchev–Trinajstić information content (AvgIpc) is 3.24. The zero-order valence-electron chi connectivity index (χ0n) is 18.0. The molecule has 0 N–H and O–H groups in total.